The maximum atomic E-state index is 10.3. The van der Waals surface area contributed by atoms with Gasteiger partial charge >= 0.3 is 0 Å². The van der Waals surface area contributed by atoms with Gasteiger partial charge in [-0.1, -0.05) is 36.0 Å². The molecule has 0 amide bonds. The molecule has 0 atom stereocenters. The summed E-state index contributed by atoms with van der Waals surface area (Å²) in [4.78, 5) is 27.7. The smallest absolute Gasteiger partial charge is 0.245 e. The lowest BCUT2D eigenvalue weighted by Gasteiger charge is -2.30. The normalized spacial score (nSPS) is 10.6. The Morgan fingerprint density at radius 2 is 1.36 bits per heavy atom. The highest BCUT2D eigenvalue weighted by Crippen LogP contribution is 2.40. The summed E-state index contributed by atoms with van der Waals surface area (Å²) in [7, 11) is 3.13. The Hall–Kier alpha value is -2.53. The highest BCUT2D eigenvalue weighted by molar-refractivity contribution is 7.99. The number of benzene rings is 2. The first kappa shape index (κ1) is 18.8. The number of ether oxygens (including phenoxy) is 2. The van der Waals surface area contributed by atoms with Crippen molar-refractivity contribution in [2.45, 2.75) is 10.9 Å². The Morgan fingerprint density at radius 3 is 1.80 bits per heavy atom. The molecule has 0 aliphatic carbocycles. The van der Waals surface area contributed by atoms with E-state index in [1.165, 1.54) is 23.9 Å². The molecule has 0 bridgehead atoms. The molecule has 0 aromatic heterocycles. The lowest BCUT2D eigenvalue weighted by Crippen LogP contribution is -2.27. The van der Waals surface area contributed by atoms with Crippen LogP contribution in [-0.4, -0.2) is 26.4 Å². The van der Waals surface area contributed by atoms with Crippen molar-refractivity contribution in [1.29, 1.82) is 0 Å². The van der Waals surface area contributed by atoms with Crippen molar-refractivity contribution in [3.05, 3.63) is 59.7 Å². The van der Waals surface area contributed by atoms with Crippen molar-refractivity contribution in [2.24, 2.45) is 9.98 Å². The lowest BCUT2D eigenvalue weighted by molar-refractivity contribution is -0.140. The Labute approximate surface area is 149 Å². The van der Waals surface area contributed by atoms with Crippen LogP contribution in [-0.2, 0) is 29.9 Å². The third-order valence-corrected chi connectivity index (χ3v) is 4.90. The number of nitrogens with zero attached hydrogens (tertiary/aromatic N) is 2. The quantitative estimate of drug-likeness (QED) is 0.406. The van der Waals surface area contributed by atoms with Gasteiger partial charge in [0.25, 0.3) is 0 Å². The minimum atomic E-state index is -0.997. The molecule has 0 saturated carbocycles. The van der Waals surface area contributed by atoms with Crippen LogP contribution >= 0.6 is 11.8 Å². The van der Waals surface area contributed by atoms with E-state index in [0.717, 1.165) is 11.1 Å². The van der Waals surface area contributed by atoms with E-state index in [2.05, 4.69) is 9.98 Å². The van der Waals surface area contributed by atoms with Crippen molar-refractivity contribution in [3.63, 3.8) is 0 Å². The average molecular weight is 356 g/mol. The van der Waals surface area contributed by atoms with Gasteiger partial charge in [-0.25, -0.2) is 9.59 Å². The van der Waals surface area contributed by atoms with Crippen LogP contribution in [0.1, 0.15) is 11.1 Å². The Balaban J connectivity index is 2.18. The Morgan fingerprint density at radius 1 is 0.880 bits per heavy atom. The summed E-state index contributed by atoms with van der Waals surface area (Å²) in [5.41, 5.74) is 2.88. The molecule has 128 valence electrons. The highest BCUT2D eigenvalue weighted by atomic mass is 32.2. The number of hydrogen-bond acceptors (Lipinski definition) is 7. The molecule has 6 nitrogen and oxygen atoms in total. The fraction of sp³-hybridized carbons (Fsp3) is 0.222. The maximum absolute atomic E-state index is 10.3. The predicted octanol–water partition coefficient (Wildman–Crippen LogP) is 3.96. The summed E-state index contributed by atoms with van der Waals surface area (Å²) in [5.74, 6) is 0.612. The molecule has 2 aromatic carbocycles. The molecule has 0 heterocycles. The molecular weight excluding hydrogens is 340 g/mol. The van der Waals surface area contributed by atoms with E-state index in [0.29, 0.717) is 17.1 Å². The van der Waals surface area contributed by atoms with Gasteiger partial charge in [0.2, 0.25) is 17.3 Å². The van der Waals surface area contributed by atoms with E-state index in [9.17, 15) is 9.59 Å². The third-order valence-electron chi connectivity index (χ3n) is 3.47. The van der Waals surface area contributed by atoms with Crippen LogP contribution in [0.5, 0.6) is 0 Å². The van der Waals surface area contributed by atoms with E-state index < -0.39 is 5.12 Å². The maximum Gasteiger partial charge on any atom is 0.245 e. The fourth-order valence-electron chi connectivity index (χ4n) is 2.21. The fourth-order valence-corrected chi connectivity index (χ4v) is 3.30. The molecule has 0 aliphatic heterocycles. The minimum Gasteiger partial charge on any atom is -0.341 e. The largest absolute Gasteiger partial charge is 0.341 e. The summed E-state index contributed by atoms with van der Waals surface area (Å²) < 4.78 is 11.2. The van der Waals surface area contributed by atoms with Crippen LogP contribution in [0, 0.1) is 0 Å². The van der Waals surface area contributed by atoms with Crippen molar-refractivity contribution in [3.8, 4) is 0 Å². The van der Waals surface area contributed by atoms with Crippen molar-refractivity contribution in [1.82, 2.24) is 0 Å². The van der Waals surface area contributed by atoms with Gasteiger partial charge in [-0.05, 0) is 29.8 Å². The number of methoxy groups -OCH3 is 2. The average Bonchev–Trinajstić information content (AvgIpc) is 2.66. The minimum absolute atomic E-state index is 0.510. The van der Waals surface area contributed by atoms with E-state index in [1.807, 2.05) is 12.1 Å². The monoisotopic (exact) mass is 356 g/mol. The highest BCUT2D eigenvalue weighted by Gasteiger charge is 2.33. The van der Waals surface area contributed by atoms with Gasteiger partial charge in [0.15, 0.2) is 0 Å². The van der Waals surface area contributed by atoms with Crippen LogP contribution in [0.15, 0.2) is 58.5 Å². The van der Waals surface area contributed by atoms with Crippen LogP contribution in [0.4, 0.5) is 11.4 Å². The summed E-state index contributed by atoms with van der Waals surface area (Å²) in [5, 5.41) is -0.997. The van der Waals surface area contributed by atoms with Gasteiger partial charge in [0.1, 0.15) is 0 Å². The first-order valence-electron chi connectivity index (χ1n) is 7.27. The van der Waals surface area contributed by atoms with Gasteiger partial charge in [0.05, 0.1) is 11.4 Å². The van der Waals surface area contributed by atoms with Gasteiger partial charge in [-0.2, -0.15) is 9.98 Å². The van der Waals surface area contributed by atoms with Gasteiger partial charge in [-0.3, -0.25) is 0 Å². The van der Waals surface area contributed by atoms with E-state index in [4.69, 9.17) is 9.47 Å². The summed E-state index contributed by atoms with van der Waals surface area (Å²) in [6.45, 7) is 0. The van der Waals surface area contributed by atoms with Crippen molar-refractivity contribution >= 4 is 35.3 Å². The van der Waals surface area contributed by atoms with E-state index >= 15 is 0 Å². The van der Waals surface area contributed by atoms with Crippen LogP contribution in [0.2, 0.25) is 0 Å². The first-order valence-corrected chi connectivity index (χ1v) is 8.25. The zero-order valence-electron chi connectivity index (χ0n) is 13.8. The zero-order chi connectivity index (χ0) is 18.1. The Kier molecular flexibility index (Phi) is 6.83. The number of aliphatic imine (C=N–C) groups is 2. The number of rotatable bonds is 8. The van der Waals surface area contributed by atoms with E-state index in [1.54, 1.807) is 50.6 Å². The molecule has 0 saturated heterocycles. The number of isocyanates is 2. The van der Waals surface area contributed by atoms with E-state index in [-0.39, 0.29) is 0 Å². The number of thioether (sulfide) groups is 1. The lowest BCUT2D eigenvalue weighted by atomic mass is 10.2. The molecule has 0 aliphatic rings. The molecule has 25 heavy (non-hydrogen) atoms. The van der Waals surface area contributed by atoms with Crippen LogP contribution < -0.4 is 0 Å². The summed E-state index contributed by atoms with van der Waals surface area (Å²) in [6, 6.07) is 14.2. The second-order valence-electron chi connectivity index (χ2n) is 4.87. The standard InChI is InChI=1S/C18H16N2O4S/c1-23-18(24-2,15-5-9-17(10-6-15)20-13-22)25-11-14-3-7-16(8-4-14)19-12-21/h3-10H,11H2,1-2H3. The molecule has 0 radical (unpaired) electrons. The number of carbonyl (C=O) groups excluding carboxylic acids is 2. The molecule has 2 aromatic rings. The zero-order valence-corrected chi connectivity index (χ0v) is 14.6. The molecule has 0 unspecified atom stereocenters. The third kappa shape index (κ3) is 4.73. The Bertz CT molecular complexity index is 789. The van der Waals surface area contributed by atoms with Crippen molar-refractivity contribution in [2.75, 3.05) is 14.2 Å². The van der Waals surface area contributed by atoms with Crippen LogP contribution in [0.25, 0.3) is 0 Å². The molecule has 0 fully saturated rings. The van der Waals surface area contributed by atoms with Gasteiger partial charge in [0, 0.05) is 25.5 Å². The molecule has 2 rings (SSSR count). The summed E-state index contributed by atoms with van der Waals surface area (Å²) >= 11 is 1.45. The second-order valence-corrected chi connectivity index (χ2v) is 5.99. The predicted molar refractivity (Wildman–Crippen MR) is 95.4 cm³/mol. The molecule has 7 heteroatoms. The summed E-state index contributed by atoms with van der Waals surface area (Å²) in [6.07, 6.45) is 3.02. The SMILES string of the molecule is COC(OC)(SCc1ccc(N=C=O)cc1)c1ccc(N=C=O)cc1. The second kappa shape index (κ2) is 9.08. The van der Waals surface area contributed by atoms with Crippen LogP contribution in [0.3, 0.4) is 0 Å². The first-order chi connectivity index (χ1) is 12.2. The molecular formula is C18H16N2O4S. The number of hydrogen-bond donors (Lipinski definition) is 0. The van der Waals surface area contributed by atoms with Gasteiger partial charge in [-0.15, -0.1) is 0 Å². The molecule has 0 N–H and O–H groups in total. The molecule has 0 spiro atoms. The topological polar surface area (TPSA) is 77.3 Å². The van der Waals surface area contributed by atoms with Gasteiger partial charge < -0.3 is 9.47 Å². The van der Waals surface area contributed by atoms with Crippen molar-refractivity contribution < 1.29 is 19.1 Å².